The monoisotopic (exact) mass is 247 g/mol. The standard InChI is InChI=1S/C11H13N5O2/c1-8-9(7-14-15(8)2)6-13-11-5-10(16(17)18)3-4-12-11/h3-5,7H,6H2,1-2H3,(H,12,13). The smallest absolute Gasteiger partial charge is 0.274 e. The van der Waals surface area contributed by atoms with Gasteiger partial charge in [0.2, 0.25) is 0 Å². The molecule has 18 heavy (non-hydrogen) atoms. The minimum Gasteiger partial charge on any atom is -0.366 e. The van der Waals surface area contributed by atoms with Crippen LogP contribution in [0.15, 0.2) is 24.5 Å². The van der Waals surface area contributed by atoms with Crippen LogP contribution >= 0.6 is 0 Å². The molecule has 0 bridgehead atoms. The van der Waals surface area contributed by atoms with Gasteiger partial charge in [0.25, 0.3) is 5.69 Å². The van der Waals surface area contributed by atoms with Gasteiger partial charge in [0.05, 0.1) is 17.2 Å². The molecule has 94 valence electrons. The average Bonchev–Trinajstić information content (AvgIpc) is 2.68. The number of anilines is 1. The van der Waals surface area contributed by atoms with Crippen LogP contribution in [0, 0.1) is 17.0 Å². The van der Waals surface area contributed by atoms with E-state index in [1.807, 2.05) is 14.0 Å². The van der Waals surface area contributed by atoms with E-state index in [1.165, 1.54) is 18.3 Å². The zero-order valence-corrected chi connectivity index (χ0v) is 10.1. The Bertz CT molecular complexity index is 579. The molecular formula is C11H13N5O2. The Kier molecular flexibility index (Phi) is 3.22. The lowest BCUT2D eigenvalue weighted by atomic mass is 10.2. The largest absolute Gasteiger partial charge is 0.366 e. The summed E-state index contributed by atoms with van der Waals surface area (Å²) in [6.07, 6.45) is 3.18. The van der Waals surface area contributed by atoms with Crippen molar-refractivity contribution in [3.63, 3.8) is 0 Å². The molecule has 0 spiro atoms. The number of nitrogens with zero attached hydrogens (tertiary/aromatic N) is 4. The molecule has 0 saturated carbocycles. The van der Waals surface area contributed by atoms with Crippen LogP contribution in [0.1, 0.15) is 11.3 Å². The molecule has 0 aliphatic rings. The van der Waals surface area contributed by atoms with Crippen molar-refractivity contribution < 1.29 is 4.92 Å². The molecule has 0 aliphatic carbocycles. The number of hydrogen-bond donors (Lipinski definition) is 1. The van der Waals surface area contributed by atoms with Gasteiger partial charge in [0, 0.05) is 37.1 Å². The molecule has 2 heterocycles. The predicted molar refractivity (Wildman–Crippen MR) is 66.2 cm³/mol. The first-order valence-corrected chi connectivity index (χ1v) is 5.39. The lowest BCUT2D eigenvalue weighted by Gasteiger charge is -2.04. The van der Waals surface area contributed by atoms with E-state index in [2.05, 4.69) is 15.4 Å². The Balaban J connectivity index is 2.08. The van der Waals surface area contributed by atoms with E-state index in [1.54, 1.807) is 10.9 Å². The van der Waals surface area contributed by atoms with Crippen molar-refractivity contribution in [2.24, 2.45) is 7.05 Å². The van der Waals surface area contributed by atoms with Gasteiger partial charge < -0.3 is 5.32 Å². The Labute approximate surface area is 104 Å². The van der Waals surface area contributed by atoms with Crippen molar-refractivity contribution in [1.82, 2.24) is 14.8 Å². The van der Waals surface area contributed by atoms with Crippen molar-refractivity contribution >= 4 is 11.5 Å². The topological polar surface area (TPSA) is 85.9 Å². The SMILES string of the molecule is Cc1c(CNc2cc([N+](=O)[O-])ccn2)cnn1C. The molecule has 0 atom stereocenters. The Hall–Kier alpha value is -2.44. The van der Waals surface area contributed by atoms with E-state index in [0.29, 0.717) is 12.4 Å². The van der Waals surface area contributed by atoms with Crippen LogP contribution in [-0.4, -0.2) is 19.7 Å². The third kappa shape index (κ3) is 2.45. The molecule has 2 aromatic heterocycles. The molecular weight excluding hydrogens is 234 g/mol. The van der Waals surface area contributed by atoms with Crippen LogP contribution in [-0.2, 0) is 13.6 Å². The highest BCUT2D eigenvalue weighted by atomic mass is 16.6. The molecule has 1 N–H and O–H groups in total. The highest BCUT2D eigenvalue weighted by Crippen LogP contribution is 2.15. The highest BCUT2D eigenvalue weighted by Gasteiger charge is 2.08. The summed E-state index contributed by atoms with van der Waals surface area (Å²) in [6.45, 7) is 2.50. The van der Waals surface area contributed by atoms with Crippen LogP contribution < -0.4 is 5.32 Å². The Morgan fingerprint density at radius 1 is 1.56 bits per heavy atom. The maximum atomic E-state index is 10.6. The van der Waals surface area contributed by atoms with Gasteiger partial charge in [-0.15, -0.1) is 0 Å². The Morgan fingerprint density at radius 2 is 2.33 bits per heavy atom. The second-order valence-corrected chi connectivity index (χ2v) is 3.89. The number of hydrogen-bond acceptors (Lipinski definition) is 5. The van der Waals surface area contributed by atoms with Crippen molar-refractivity contribution in [1.29, 1.82) is 0 Å². The van der Waals surface area contributed by atoms with Gasteiger partial charge in [-0.2, -0.15) is 5.10 Å². The molecule has 0 unspecified atom stereocenters. The molecule has 7 heteroatoms. The molecule has 0 saturated heterocycles. The molecule has 0 aliphatic heterocycles. The first-order chi connectivity index (χ1) is 8.58. The lowest BCUT2D eigenvalue weighted by molar-refractivity contribution is -0.384. The molecule has 0 fully saturated rings. The van der Waals surface area contributed by atoms with Crippen LogP contribution in [0.2, 0.25) is 0 Å². The van der Waals surface area contributed by atoms with E-state index in [9.17, 15) is 10.1 Å². The molecule has 2 aromatic rings. The fraction of sp³-hybridized carbons (Fsp3) is 0.273. The fourth-order valence-corrected chi connectivity index (χ4v) is 1.53. The van der Waals surface area contributed by atoms with Gasteiger partial charge in [0.1, 0.15) is 5.82 Å². The van der Waals surface area contributed by atoms with Gasteiger partial charge in [0.15, 0.2) is 0 Å². The number of aromatic nitrogens is 3. The normalized spacial score (nSPS) is 10.3. The summed E-state index contributed by atoms with van der Waals surface area (Å²) >= 11 is 0. The second-order valence-electron chi connectivity index (χ2n) is 3.89. The minimum atomic E-state index is -0.442. The zero-order valence-electron chi connectivity index (χ0n) is 10.1. The van der Waals surface area contributed by atoms with E-state index in [-0.39, 0.29) is 5.69 Å². The molecule has 0 radical (unpaired) electrons. The van der Waals surface area contributed by atoms with Crippen LogP contribution in [0.5, 0.6) is 0 Å². The van der Waals surface area contributed by atoms with Gasteiger partial charge in [-0.3, -0.25) is 14.8 Å². The van der Waals surface area contributed by atoms with Gasteiger partial charge in [-0.1, -0.05) is 0 Å². The summed E-state index contributed by atoms with van der Waals surface area (Å²) in [7, 11) is 1.87. The number of aryl methyl sites for hydroxylation is 1. The van der Waals surface area contributed by atoms with E-state index in [0.717, 1.165) is 11.3 Å². The van der Waals surface area contributed by atoms with E-state index < -0.39 is 4.92 Å². The number of pyridine rings is 1. The van der Waals surface area contributed by atoms with Gasteiger partial charge in [-0.25, -0.2) is 4.98 Å². The zero-order chi connectivity index (χ0) is 13.1. The van der Waals surface area contributed by atoms with Crippen molar-refractivity contribution in [2.75, 3.05) is 5.32 Å². The minimum absolute atomic E-state index is 0.0235. The van der Waals surface area contributed by atoms with Crippen LogP contribution in [0.25, 0.3) is 0 Å². The first kappa shape index (κ1) is 12.0. The number of nitrogens with one attached hydrogen (secondary N) is 1. The number of rotatable bonds is 4. The third-order valence-corrected chi connectivity index (χ3v) is 2.75. The summed E-state index contributed by atoms with van der Waals surface area (Å²) in [5, 5.41) is 17.8. The van der Waals surface area contributed by atoms with Crippen LogP contribution in [0.3, 0.4) is 0 Å². The summed E-state index contributed by atoms with van der Waals surface area (Å²) in [5.74, 6) is 0.479. The summed E-state index contributed by atoms with van der Waals surface area (Å²) < 4.78 is 1.78. The number of nitro groups is 1. The third-order valence-electron chi connectivity index (χ3n) is 2.75. The van der Waals surface area contributed by atoms with Gasteiger partial charge in [-0.05, 0) is 6.92 Å². The second kappa shape index (κ2) is 4.82. The average molecular weight is 247 g/mol. The summed E-state index contributed by atoms with van der Waals surface area (Å²) in [4.78, 5) is 14.2. The summed E-state index contributed by atoms with van der Waals surface area (Å²) in [6, 6.07) is 2.77. The maximum absolute atomic E-state index is 10.6. The van der Waals surface area contributed by atoms with Gasteiger partial charge >= 0.3 is 0 Å². The molecule has 2 rings (SSSR count). The predicted octanol–water partition coefficient (Wildman–Crippen LogP) is 1.64. The first-order valence-electron chi connectivity index (χ1n) is 5.39. The van der Waals surface area contributed by atoms with Crippen molar-refractivity contribution in [3.8, 4) is 0 Å². The van der Waals surface area contributed by atoms with E-state index in [4.69, 9.17) is 0 Å². The molecule has 7 nitrogen and oxygen atoms in total. The van der Waals surface area contributed by atoms with Crippen molar-refractivity contribution in [2.45, 2.75) is 13.5 Å². The quantitative estimate of drug-likeness (QED) is 0.655. The summed E-state index contributed by atoms with van der Waals surface area (Å²) in [5.41, 5.74) is 2.11. The fourth-order valence-electron chi connectivity index (χ4n) is 1.53. The van der Waals surface area contributed by atoms with Crippen molar-refractivity contribution in [3.05, 3.63) is 45.9 Å². The lowest BCUT2D eigenvalue weighted by Crippen LogP contribution is -2.03. The van der Waals surface area contributed by atoms with E-state index >= 15 is 0 Å². The Morgan fingerprint density at radius 3 is 2.94 bits per heavy atom. The van der Waals surface area contributed by atoms with Crippen LogP contribution in [0.4, 0.5) is 11.5 Å². The molecule has 0 amide bonds. The molecule has 0 aromatic carbocycles. The highest BCUT2D eigenvalue weighted by molar-refractivity contribution is 5.44. The maximum Gasteiger partial charge on any atom is 0.274 e.